The minimum absolute atomic E-state index is 0.151. The van der Waals surface area contributed by atoms with E-state index in [-0.39, 0.29) is 11.9 Å². The highest BCUT2D eigenvalue weighted by atomic mass is 16.1. The second kappa shape index (κ2) is 7.78. The lowest BCUT2D eigenvalue weighted by molar-refractivity contribution is 0.0954. The lowest BCUT2D eigenvalue weighted by atomic mass is 9.95. The number of carbonyl (C=O) groups is 1. The summed E-state index contributed by atoms with van der Waals surface area (Å²) in [6.07, 6.45) is 6.68. The van der Waals surface area contributed by atoms with Crippen molar-refractivity contribution in [3.8, 4) is 0 Å². The zero-order chi connectivity index (χ0) is 19.7. The molecule has 148 valence electrons. The highest BCUT2D eigenvalue weighted by Gasteiger charge is 2.28. The Labute approximate surface area is 165 Å². The van der Waals surface area contributed by atoms with Crippen molar-refractivity contribution in [1.29, 1.82) is 0 Å². The molecule has 1 saturated carbocycles. The smallest absolute Gasteiger partial charge is 0.257 e. The maximum atomic E-state index is 13.0. The van der Waals surface area contributed by atoms with E-state index in [2.05, 4.69) is 23.7 Å². The Kier molecular flexibility index (Phi) is 5.20. The van der Waals surface area contributed by atoms with Crippen LogP contribution in [0.4, 0.5) is 5.82 Å². The fourth-order valence-corrected chi connectivity index (χ4v) is 4.18. The third kappa shape index (κ3) is 3.43. The van der Waals surface area contributed by atoms with Crippen LogP contribution in [-0.4, -0.2) is 27.0 Å². The third-order valence-corrected chi connectivity index (χ3v) is 5.71. The van der Waals surface area contributed by atoms with E-state index in [9.17, 15) is 4.79 Å². The lowest BCUT2D eigenvalue weighted by Gasteiger charge is -2.25. The van der Waals surface area contributed by atoms with Crippen LogP contribution in [0.5, 0.6) is 0 Å². The van der Waals surface area contributed by atoms with Gasteiger partial charge in [-0.25, -0.2) is 9.97 Å². The zero-order valence-corrected chi connectivity index (χ0v) is 16.7. The van der Waals surface area contributed by atoms with Gasteiger partial charge in [-0.05, 0) is 37.3 Å². The highest BCUT2D eigenvalue weighted by molar-refractivity contribution is 6.10. The fourth-order valence-electron chi connectivity index (χ4n) is 4.18. The van der Waals surface area contributed by atoms with E-state index in [1.54, 1.807) is 0 Å². The first-order chi connectivity index (χ1) is 13.6. The number of hydrogen-bond acceptors (Lipinski definition) is 4. The molecule has 1 aliphatic carbocycles. The largest absolute Gasteiger partial charge is 0.384 e. The van der Waals surface area contributed by atoms with E-state index in [0.29, 0.717) is 29.4 Å². The number of nitrogens with one attached hydrogen (secondary N) is 1. The molecule has 1 aromatic carbocycles. The first-order valence-electron chi connectivity index (χ1n) is 10.4. The summed E-state index contributed by atoms with van der Waals surface area (Å²) in [5.74, 6) is 0.881. The summed E-state index contributed by atoms with van der Waals surface area (Å²) >= 11 is 0. The van der Waals surface area contributed by atoms with Crippen LogP contribution >= 0.6 is 0 Å². The second-order valence-corrected chi connectivity index (χ2v) is 8.25. The first-order valence-corrected chi connectivity index (χ1v) is 10.4. The number of carbonyl (C=O) groups excluding carboxylic acids is 1. The van der Waals surface area contributed by atoms with Crippen LogP contribution in [0.25, 0.3) is 22.2 Å². The summed E-state index contributed by atoms with van der Waals surface area (Å²) in [6, 6.07) is 8.06. The van der Waals surface area contributed by atoms with Gasteiger partial charge in [0.2, 0.25) is 0 Å². The number of aromatic nitrogens is 3. The summed E-state index contributed by atoms with van der Waals surface area (Å²) in [6.45, 7) is 4.92. The molecule has 1 aliphatic rings. The summed E-state index contributed by atoms with van der Waals surface area (Å²) in [7, 11) is 0. The van der Waals surface area contributed by atoms with Crippen LogP contribution in [0, 0.1) is 5.92 Å². The van der Waals surface area contributed by atoms with Crippen molar-refractivity contribution in [3.05, 3.63) is 29.8 Å². The van der Waals surface area contributed by atoms with Crippen LogP contribution in [0.3, 0.4) is 0 Å². The second-order valence-electron chi connectivity index (χ2n) is 8.25. The molecule has 0 radical (unpaired) electrons. The van der Waals surface area contributed by atoms with Crippen molar-refractivity contribution in [3.63, 3.8) is 0 Å². The van der Waals surface area contributed by atoms with Gasteiger partial charge in [-0.15, -0.1) is 0 Å². The predicted octanol–water partition coefficient (Wildman–Crippen LogP) is 4.45. The molecule has 2 heterocycles. The quantitative estimate of drug-likeness (QED) is 0.686. The topological polar surface area (TPSA) is 85.8 Å². The minimum Gasteiger partial charge on any atom is -0.384 e. The number of nitrogens with two attached hydrogens (primary N) is 1. The van der Waals surface area contributed by atoms with Crippen molar-refractivity contribution in [2.24, 2.45) is 5.92 Å². The summed E-state index contributed by atoms with van der Waals surface area (Å²) in [5.41, 5.74) is 10.0. The van der Waals surface area contributed by atoms with Gasteiger partial charge in [-0.1, -0.05) is 45.2 Å². The average Bonchev–Trinajstić information content (AvgIpc) is 2.97. The molecule has 0 atom stereocenters. The van der Waals surface area contributed by atoms with Gasteiger partial charge in [0.25, 0.3) is 5.91 Å². The highest BCUT2D eigenvalue weighted by Crippen LogP contribution is 2.36. The molecular formula is C22H29N5O. The Morgan fingerprint density at radius 2 is 1.86 bits per heavy atom. The molecule has 6 nitrogen and oxygen atoms in total. The number of nitrogen functional groups attached to an aromatic ring is 1. The van der Waals surface area contributed by atoms with Crippen molar-refractivity contribution >= 4 is 33.9 Å². The third-order valence-electron chi connectivity index (χ3n) is 5.71. The Balaban J connectivity index is 1.84. The molecule has 3 N–H and O–H groups in total. The molecule has 6 heteroatoms. The van der Waals surface area contributed by atoms with E-state index >= 15 is 0 Å². The molecule has 3 aromatic rings. The summed E-state index contributed by atoms with van der Waals surface area (Å²) in [4.78, 5) is 22.7. The van der Waals surface area contributed by atoms with Crippen LogP contribution in [-0.2, 0) is 0 Å². The molecular weight excluding hydrogens is 350 g/mol. The van der Waals surface area contributed by atoms with E-state index in [4.69, 9.17) is 15.7 Å². The Morgan fingerprint density at radius 3 is 2.54 bits per heavy atom. The number of anilines is 1. The van der Waals surface area contributed by atoms with Gasteiger partial charge < -0.3 is 15.6 Å². The maximum absolute atomic E-state index is 13.0. The van der Waals surface area contributed by atoms with Crippen LogP contribution in [0.1, 0.15) is 68.8 Å². The Morgan fingerprint density at radius 1 is 1.18 bits per heavy atom. The Hall–Kier alpha value is -2.63. The van der Waals surface area contributed by atoms with Crippen molar-refractivity contribution in [2.75, 3.05) is 12.3 Å². The number of rotatable bonds is 5. The molecule has 0 saturated heterocycles. The zero-order valence-electron chi connectivity index (χ0n) is 16.7. The van der Waals surface area contributed by atoms with Gasteiger partial charge >= 0.3 is 0 Å². The summed E-state index contributed by atoms with van der Waals surface area (Å²) < 4.78 is 2.07. The minimum atomic E-state index is -0.151. The van der Waals surface area contributed by atoms with E-state index in [1.807, 2.05) is 24.3 Å². The van der Waals surface area contributed by atoms with Crippen molar-refractivity contribution in [2.45, 2.75) is 58.4 Å². The molecule has 4 rings (SSSR count). The lowest BCUT2D eigenvalue weighted by Crippen LogP contribution is -2.26. The normalized spacial score (nSPS) is 15.5. The van der Waals surface area contributed by atoms with Crippen LogP contribution < -0.4 is 11.1 Å². The number of hydrogen-bond donors (Lipinski definition) is 2. The van der Waals surface area contributed by atoms with Gasteiger partial charge in [-0.2, -0.15) is 0 Å². The number of amides is 1. The fraction of sp³-hybridized carbons (Fsp3) is 0.500. The molecule has 0 spiro atoms. The molecule has 1 amide bonds. The van der Waals surface area contributed by atoms with Gasteiger partial charge in [0.15, 0.2) is 5.65 Å². The average molecular weight is 380 g/mol. The standard InChI is InChI=1S/C22H29N5O/c1-14(2)12-13-24-22(28)18-19-21(26-17-11-7-6-10-16(17)25-19)27(20(18)23)15-8-4-3-5-9-15/h6-7,10-11,14-15H,3-5,8-9,12-13,23H2,1-2H3,(H,24,28). The number of para-hydroxylation sites is 2. The van der Waals surface area contributed by atoms with Crippen LogP contribution in [0.15, 0.2) is 24.3 Å². The van der Waals surface area contributed by atoms with Crippen LogP contribution in [0.2, 0.25) is 0 Å². The monoisotopic (exact) mass is 379 g/mol. The molecule has 0 aliphatic heterocycles. The Bertz CT molecular complexity index is 1000. The number of fused-ring (bicyclic) bond motifs is 2. The van der Waals surface area contributed by atoms with E-state index in [1.165, 1.54) is 19.3 Å². The SMILES string of the molecule is CC(C)CCNC(=O)c1c(N)n(C2CCCCC2)c2nc3ccccc3nc12. The van der Waals surface area contributed by atoms with E-state index < -0.39 is 0 Å². The molecule has 0 unspecified atom stereocenters. The molecule has 1 fully saturated rings. The van der Waals surface area contributed by atoms with Crippen molar-refractivity contribution < 1.29 is 4.79 Å². The number of nitrogens with zero attached hydrogens (tertiary/aromatic N) is 3. The van der Waals surface area contributed by atoms with Gasteiger partial charge in [0, 0.05) is 12.6 Å². The molecule has 2 aromatic heterocycles. The van der Waals surface area contributed by atoms with Gasteiger partial charge in [0.05, 0.1) is 11.0 Å². The van der Waals surface area contributed by atoms with Gasteiger partial charge in [-0.3, -0.25) is 4.79 Å². The predicted molar refractivity (Wildman–Crippen MR) is 113 cm³/mol. The molecule has 28 heavy (non-hydrogen) atoms. The maximum Gasteiger partial charge on any atom is 0.257 e. The van der Waals surface area contributed by atoms with E-state index in [0.717, 1.165) is 35.9 Å². The molecule has 0 bridgehead atoms. The number of benzene rings is 1. The summed E-state index contributed by atoms with van der Waals surface area (Å²) in [5, 5.41) is 3.03. The van der Waals surface area contributed by atoms with Crippen molar-refractivity contribution in [1.82, 2.24) is 19.9 Å². The first kappa shape index (κ1) is 18.7. The van der Waals surface area contributed by atoms with Gasteiger partial charge in [0.1, 0.15) is 16.9 Å².